The third-order valence-corrected chi connectivity index (χ3v) is 7.75. The predicted octanol–water partition coefficient (Wildman–Crippen LogP) is 4.90. The second-order valence-electron chi connectivity index (χ2n) is 13.5. The lowest BCUT2D eigenvalue weighted by molar-refractivity contribution is -0.0436. The van der Waals surface area contributed by atoms with Crippen LogP contribution in [0.15, 0.2) is 35.1 Å². The van der Waals surface area contributed by atoms with E-state index in [0.717, 1.165) is 42.6 Å². The van der Waals surface area contributed by atoms with Crippen molar-refractivity contribution in [3.8, 4) is 17.3 Å². The molecule has 3 aliphatic rings. The van der Waals surface area contributed by atoms with Crippen molar-refractivity contribution in [2.24, 2.45) is 12.5 Å². The predicted molar refractivity (Wildman–Crippen MR) is 155 cm³/mol. The second-order valence-corrected chi connectivity index (χ2v) is 13.5. The number of hydrogen-bond donors (Lipinski definition) is 0. The molecule has 1 aromatic carbocycles. The Bertz CT molecular complexity index is 1550. The number of amides is 1. The van der Waals surface area contributed by atoms with Gasteiger partial charge in [-0.2, -0.15) is 5.26 Å². The molecule has 2 bridgehead atoms. The number of aryl methyl sites for hydroxylation is 1. The fourth-order valence-corrected chi connectivity index (χ4v) is 5.94. The van der Waals surface area contributed by atoms with Gasteiger partial charge in [0.15, 0.2) is 5.65 Å². The van der Waals surface area contributed by atoms with Gasteiger partial charge in [-0.3, -0.25) is 14.0 Å². The van der Waals surface area contributed by atoms with Crippen LogP contribution in [0.5, 0.6) is 0 Å². The van der Waals surface area contributed by atoms with Gasteiger partial charge in [-0.05, 0) is 68.9 Å². The van der Waals surface area contributed by atoms with E-state index in [2.05, 4.69) is 31.7 Å². The number of nitrogens with zero attached hydrogens (tertiary/aromatic N) is 6. The van der Waals surface area contributed by atoms with E-state index in [0.29, 0.717) is 30.0 Å². The molecule has 5 heterocycles. The molecule has 0 saturated carbocycles. The van der Waals surface area contributed by atoms with Crippen molar-refractivity contribution >= 4 is 17.3 Å². The van der Waals surface area contributed by atoms with Crippen LogP contribution in [0.4, 0.5) is 4.79 Å². The van der Waals surface area contributed by atoms with Gasteiger partial charge in [-0.1, -0.05) is 26.8 Å². The molecule has 2 atom stereocenters. The molecule has 0 aliphatic carbocycles. The fourth-order valence-electron chi connectivity index (χ4n) is 5.94. The zero-order chi connectivity index (χ0) is 29.0. The van der Waals surface area contributed by atoms with E-state index in [1.807, 2.05) is 56.0 Å². The van der Waals surface area contributed by atoms with Crippen LogP contribution in [0.2, 0.25) is 0 Å². The number of nitriles is 1. The first kappa shape index (κ1) is 27.9. The minimum Gasteiger partial charge on any atom is -0.444 e. The van der Waals surface area contributed by atoms with Crippen LogP contribution in [-0.4, -0.2) is 60.8 Å². The first-order valence-corrected chi connectivity index (χ1v) is 14.1. The van der Waals surface area contributed by atoms with Gasteiger partial charge in [-0.15, -0.1) is 0 Å². The Labute approximate surface area is 236 Å². The topological polar surface area (TPSA) is 96.4 Å². The third kappa shape index (κ3) is 5.50. The average Bonchev–Trinajstić information content (AvgIpc) is 3.11. The van der Waals surface area contributed by atoms with Crippen molar-refractivity contribution in [3.05, 3.63) is 51.9 Å². The number of carbonyl (C=O) groups excluding carboxylic acids is 1. The molecule has 9 heteroatoms. The zero-order valence-corrected chi connectivity index (χ0v) is 24.7. The molecule has 9 nitrogen and oxygen atoms in total. The molecule has 1 amide bonds. The number of carbonyl (C=O) groups is 1. The maximum Gasteiger partial charge on any atom is 0.410 e. The molecule has 0 N–H and O–H groups in total. The number of piperazine rings is 1. The number of aromatic nitrogens is 3. The summed E-state index contributed by atoms with van der Waals surface area (Å²) in [5.41, 5.74) is 3.81. The molecule has 40 heavy (non-hydrogen) atoms. The molecule has 2 unspecified atom stereocenters. The van der Waals surface area contributed by atoms with E-state index in [1.165, 1.54) is 0 Å². The van der Waals surface area contributed by atoms with Crippen molar-refractivity contribution in [2.75, 3.05) is 13.1 Å². The highest BCUT2D eigenvalue weighted by Gasteiger charge is 2.42. The summed E-state index contributed by atoms with van der Waals surface area (Å²) in [6.45, 7) is 14.8. The maximum atomic E-state index is 13.0. The molecule has 212 valence electrons. The average molecular weight is 545 g/mol. The first-order chi connectivity index (χ1) is 18.7. The van der Waals surface area contributed by atoms with E-state index in [-0.39, 0.29) is 29.3 Å². The molecule has 3 fully saturated rings. The number of fused-ring (bicyclic) bond motifs is 4. The van der Waals surface area contributed by atoms with Crippen molar-refractivity contribution in [2.45, 2.75) is 85.2 Å². The molecule has 3 aliphatic heterocycles. The molecule has 3 aromatic rings. The molecular formula is C31H40N6O3. The van der Waals surface area contributed by atoms with Gasteiger partial charge in [0.05, 0.1) is 22.8 Å². The van der Waals surface area contributed by atoms with Crippen molar-refractivity contribution < 1.29 is 9.53 Å². The Morgan fingerprint density at radius 1 is 1.07 bits per heavy atom. The Hall–Kier alpha value is -3.64. The summed E-state index contributed by atoms with van der Waals surface area (Å²) in [6, 6.07) is 12.5. The van der Waals surface area contributed by atoms with Crippen LogP contribution in [0.25, 0.3) is 22.4 Å². The zero-order valence-electron chi connectivity index (χ0n) is 24.7. The first-order valence-electron chi connectivity index (χ1n) is 14.1. The number of pyridine rings is 1. The smallest absolute Gasteiger partial charge is 0.410 e. The number of rotatable bonds is 4. The summed E-state index contributed by atoms with van der Waals surface area (Å²) in [7, 11) is 1.74. The second kappa shape index (κ2) is 10.1. The fraction of sp³-hybridized carbons (Fsp3) is 0.548. The number of imidazole rings is 1. The molecule has 0 spiro atoms. The lowest BCUT2D eigenvalue weighted by Gasteiger charge is -2.51. The van der Waals surface area contributed by atoms with Crippen LogP contribution in [0, 0.1) is 16.7 Å². The van der Waals surface area contributed by atoms with Crippen molar-refractivity contribution in [1.82, 2.24) is 23.9 Å². The molecule has 6 rings (SSSR count). The van der Waals surface area contributed by atoms with E-state index in [9.17, 15) is 14.9 Å². The van der Waals surface area contributed by atoms with Gasteiger partial charge >= 0.3 is 11.8 Å². The highest BCUT2D eigenvalue weighted by molar-refractivity contribution is 5.78. The summed E-state index contributed by atoms with van der Waals surface area (Å²) < 4.78 is 9.02. The van der Waals surface area contributed by atoms with Gasteiger partial charge in [0.25, 0.3) is 0 Å². The van der Waals surface area contributed by atoms with E-state index >= 15 is 0 Å². The van der Waals surface area contributed by atoms with Gasteiger partial charge in [-0.25, -0.2) is 14.6 Å². The van der Waals surface area contributed by atoms with Gasteiger partial charge in [0, 0.05) is 50.9 Å². The third-order valence-electron chi connectivity index (χ3n) is 7.75. The minimum atomic E-state index is -0.509. The van der Waals surface area contributed by atoms with E-state index in [4.69, 9.17) is 9.72 Å². The molecule has 3 saturated heterocycles. The Kier molecular flexibility index (Phi) is 7.03. The van der Waals surface area contributed by atoms with Crippen LogP contribution in [0.3, 0.4) is 0 Å². The summed E-state index contributed by atoms with van der Waals surface area (Å²) in [5.74, 6) is 0. The molecule has 0 radical (unpaired) electrons. The van der Waals surface area contributed by atoms with Crippen LogP contribution in [-0.2, 0) is 24.9 Å². The summed E-state index contributed by atoms with van der Waals surface area (Å²) in [6.07, 6.45) is 1.80. The van der Waals surface area contributed by atoms with Crippen molar-refractivity contribution in [3.63, 3.8) is 0 Å². The highest BCUT2D eigenvalue weighted by atomic mass is 16.6. The highest BCUT2D eigenvalue weighted by Crippen LogP contribution is 2.33. The lowest BCUT2D eigenvalue weighted by atomic mass is 9.90. The van der Waals surface area contributed by atoms with Gasteiger partial charge in [0.1, 0.15) is 5.60 Å². The molecule has 2 aromatic heterocycles. The number of hydrogen-bond acceptors (Lipinski definition) is 6. The largest absolute Gasteiger partial charge is 0.444 e. The van der Waals surface area contributed by atoms with Gasteiger partial charge in [0.2, 0.25) is 0 Å². The summed E-state index contributed by atoms with van der Waals surface area (Å²) >= 11 is 0. The summed E-state index contributed by atoms with van der Waals surface area (Å²) in [4.78, 5) is 35.0. The minimum absolute atomic E-state index is 0.0586. The number of benzene rings is 1. The molecular weight excluding hydrogens is 504 g/mol. The number of piperidine rings is 2. The standard InChI is InChI=1S/C31H40N6O3/c1-30(2,3)19-37-26-13-12-25(33-27(26)34(7)28(37)38)24-14-20(8-9-21(24)15-32)16-35-17-23-11-10-22(35)18-36(23)29(39)40-31(4,5)6/h8-9,12-14,22-23H,10-11,16-19H2,1-7H3. The Morgan fingerprint density at radius 3 is 2.42 bits per heavy atom. The quantitative estimate of drug-likeness (QED) is 0.463. The monoisotopic (exact) mass is 544 g/mol. The maximum absolute atomic E-state index is 13.0. The van der Waals surface area contributed by atoms with Crippen LogP contribution >= 0.6 is 0 Å². The van der Waals surface area contributed by atoms with Crippen LogP contribution < -0.4 is 5.69 Å². The van der Waals surface area contributed by atoms with Crippen LogP contribution in [0.1, 0.15) is 65.5 Å². The Morgan fingerprint density at radius 2 is 1.80 bits per heavy atom. The SMILES string of the molecule is Cn1c(=O)n(CC(C)(C)C)c2ccc(-c3cc(CN4CC5CCC4CN5C(=O)OC(C)(C)C)ccc3C#N)nc21. The van der Waals surface area contributed by atoms with E-state index in [1.54, 1.807) is 16.2 Å². The van der Waals surface area contributed by atoms with E-state index < -0.39 is 5.60 Å². The Balaban J connectivity index is 1.40. The normalized spacial score (nSPS) is 19.7. The summed E-state index contributed by atoms with van der Waals surface area (Å²) in [5, 5.41) is 9.89. The lowest BCUT2D eigenvalue weighted by Crippen LogP contribution is -2.63. The number of ether oxygens (including phenoxy) is 1. The van der Waals surface area contributed by atoms with Crippen molar-refractivity contribution in [1.29, 1.82) is 5.26 Å². The van der Waals surface area contributed by atoms with Gasteiger partial charge < -0.3 is 9.64 Å².